The Morgan fingerprint density at radius 1 is 0.971 bits per heavy atom. The first-order valence-electron chi connectivity index (χ1n) is 12.6. The number of nitrogens with one attached hydrogen (secondary N) is 1. The molecule has 2 amide bonds. The maximum atomic E-state index is 13.9. The second-order valence-electron chi connectivity index (χ2n) is 10.0. The van der Waals surface area contributed by atoms with Crippen molar-refractivity contribution in [3.63, 3.8) is 0 Å². The van der Waals surface area contributed by atoms with Crippen LogP contribution in [0, 0.1) is 39.2 Å². The van der Waals surface area contributed by atoms with Gasteiger partial charge in [-0.3, -0.25) is 9.59 Å². The number of rotatable bonds is 4. The summed E-state index contributed by atoms with van der Waals surface area (Å²) in [6.45, 7) is 14.1. The lowest BCUT2D eigenvalue weighted by atomic mass is 9.74. The lowest BCUT2D eigenvalue weighted by molar-refractivity contribution is -0.124. The number of likely N-dealkylation sites (tertiary alicyclic amines) is 1. The number of benzene rings is 2. The van der Waals surface area contributed by atoms with Crippen molar-refractivity contribution in [3.05, 3.63) is 70.1 Å². The van der Waals surface area contributed by atoms with Gasteiger partial charge >= 0.3 is 0 Å². The molecule has 178 valence electrons. The molecule has 0 unspecified atom stereocenters. The fourth-order valence-electron chi connectivity index (χ4n) is 5.97. The first-order valence-corrected chi connectivity index (χ1v) is 12.6. The van der Waals surface area contributed by atoms with E-state index in [1.807, 2.05) is 56.0 Å². The van der Waals surface area contributed by atoms with Crippen LogP contribution in [-0.2, 0) is 4.79 Å². The largest absolute Gasteiger partial charge is 0.335 e. The number of hydrogen-bond acceptors (Lipinski definition) is 2. The Labute approximate surface area is 203 Å². The second-order valence-corrected chi connectivity index (χ2v) is 10.0. The van der Waals surface area contributed by atoms with Gasteiger partial charge in [-0.25, -0.2) is 4.85 Å². The van der Waals surface area contributed by atoms with Crippen molar-refractivity contribution in [2.45, 2.75) is 71.8 Å². The van der Waals surface area contributed by atoms with E-state index in [0.717, 1.165) is 60.8 Å². The van der Waals surface area contributed by atoms with Gasteiger partial charge in [-0.1, -0.05) is 55.2 Å². The molecule has 1 aliphatic heterocycles. The van der Waals surface area contributed by atoms with Crippen LogP contribution in [0.5, 0.6) is 0 Å². The molecule has 2 atom stereocenters. The van der Waals surface area contributed by atoms with E-state index < -0.39 is 0 Å². The van der Waals surface area contributed by atoms with Crippen LogP contribution in [-0.4, -0.2) is 29.3 Å². The number of nitrogens with zero attached hydrogens (tertiary/aromatic N) is 2. The van der Waals surface area contributed by atoms with E-state index in [4.69, 9.17) is 6.57 Å². The topological polar surface area (TPSA) is 53.8 Å². The predicted molar refractivity (Wildman–Crippen MR) is 136 cm³/mol. The van der Waals surface area contributed by atoms with Crippen molar-refractivity contribution in [3.8, 4) is 0 Å². The number of anilines is 1. The summed E-state index contributed by atoms with van der Waals surface area (Å²) >= 11 is 0. The van der Waals surface area contributed by atoms with E-state index in [0.29, 0.717) is 23.8 Å². The standard InChI is InChI=1S/C29H35N3O2/c1-19-15-16-24(30-4)25(18-19)31-28(33)23-14-9-17-32(27(23)22-12-6-5-7-13-22)29(34)26-20(2)10-8-11-21(26)3/h8,10-11,15-16,18,22-23,27H,5-7,9,12-14,17H2,1-3H3,(H,31,33)/t23-,27-/m0/s1. The van der Waals surface area contributed by atoms with Crippen molar-refractivity contribution in [1.29, 1.82) is 0 Å². The Balaban J connectivity index is 1.67. The van der Waals surface area contributed by atoms with E-state index in [1.165, 1.54) is 6.42 Å². The molecule has 5 heteroatoms. The molecule has 2 aromatic rings. The molecule has 2 aromatic carbocycles. The van der Waals surface area contributed by atoms with Crippen LogP contribution >= 0.6 is 0 Å². The maximum absolute atomic E-state index is 13.9. The summed E-state index contributed by atoms with van der Waals surface area (Å²) in [5.74, 6) is 0.0475. The zero-order valence-electron chi connectivity index (χ0n) is 20.6. The minimum atomic E-state index is -0.274. The Kier molecular flexibility index (Phi) is 7.36. The fourth-order valence-corrected chi connectivity index (χ4v) is 5.97. The second kappa shape index (κ2) is 10.4. The monoisotopic (exact) mass is 457 g/mol. The zero-order valence-corrected chi connectivity index (χ0v) is 20.6. The van der Waals surface area contributed by atoms with Crippen LogP contribution in [0.1, 0.15) is 72.0 Å². The van der Waals surface area contributed by atoms with Crippen molar-refractivity contribution in [1.82, 2.24) is 4.90 Å². The third-order valence-corrected chi connectivity index (χ3v) is 7.64. The van der Waals surface area contributed by atoms with Gasteiger partial charge in [0.2, 0.25) is 11.6 Å². The molecule has 4 rings (SSSR count). The van der Waals surface area contributed by atoms with Gasteiger partial charge in [0.1, 0.15) is 0 Å². The highest BCUT2D eigenvalue weighted by atomic mass is 16.2. The first-order chi connectivity index (χ1) is 16.4. The van der Waals surface area contributed by atoms with E-state index in [9.17, 15) is 9.59 Å². The van der Waals surface area contributed by atoms with Crippen molar-refractivity contribution >= 4 is 23.2 Å². The summed E-state index contributed by atoms with van der Waals surface area (Å²) in [5.41, 5.74) is 4.77. The number of carbonyl (C=O) groups is 2. The van der Waals surface area contributed by atoms with E-state index >= 15 is 0 Å². The summed E-state index contributed by atoms with van der Waals surface area (Å²) in [5, 5.41) is 3.07. The highest BCUT2D eigenvalue weighted by molar-refractivity contribution is 5.99. The predicted octanol–water partition coefficient (Wildman–Crippen LogP) is 6.60. The minimum Gasteiger partial charge on any atom is -0.335 e. The van der Waals surface area contributed by atoms with E-state index in [-0.39, 0.29) is 23.8 Å². The van der Waals surface area contributed by atoms with Crippen molar-refractivity contribution < 1.29 is 9.59 Å². The summed E-state index contributed by atoms with van der Waals surface area (Å²) in [6, 6.07) is 11.4. The van der Waals surface area contributed by atoms with E-state index in [2.05, 4.69) is 10.2 Å². The Hall–Kier alpha value is -3.13. The lowest BCUT2D eigenvalue weighted by Crippen LogP contribution is -2.55. The van der Waals surface area contributed by atoms with Crippen LogP contribution in [0.2, 0.25) is 0 Å². The normalized spacial score (nSPS) is 21.1. The number of aryl methyl sites for hydroxylation is 3. The first kappa shape index (κ1) is 24.0. The molecule has 0 spiro atoms. The third kappa shape index (κ3) is 4.87. The average molecular weight is 458 g/mol. The summed E-state index contributed by atoms with van der Waals surface area (Å²) in [7, 11) is 0. The van der Waals surface area contributed by atoms with Crippen LogP contribution in [0.3, 0.4) is 0 Å². The van der Waals surface area contributed by atoms with Crippen LogP contribution in [0.25, 0.3) is 4.85 Å². The molecule has 1 saturated carbocycles. The van der Waals surface area contributed by atoms with Crippen molar-refractivity contribution in [2.75, 3.05) is 11.9 Å². The molecule has 1 aliphatic carbocycles. The summed E-state index contributed by atoms with van der Waals surface area (Å²) in [6.07, 6.45) is 7.22. The molecular formula is C29H35N3O2. The van der Waals surface area contributed by atoms with Gasteiger partial charge in [0.05, 0.1) is 12.5 Å². The molecule has 2 aliphatic rings. The Bertz CT molecular complexity index is 1090. The molecule has 34 heavy (non-hydrogen) atoms. The molecule has 0 radical (unpaired) electrons. The average Bonchev–Trinajstić information content (AvgIpc) is 2.84. The molecule has 2 fully saturated rings. The highest BCUT2D eigenvalue weighted by Crippen LogP contribution is 2.39. The summed E-state index contributed by atoms with van der Waals surface area (Å²) < 4.78 is 0. The van der Waals surface area contributed by atoms with Gasteiger partial charge in [-0.05, 0) is 69.6 Å². The Morgan fingerprint density at radius 2 is 1.68 bits per heavy atom. The molecular weight excluding hydrogens is 422 g/mol. The van der Waals surface area contributed by atoms with Crippen molar-refractivity contribution in [2.24, 2.45) is 11.8 Å². The molecule has 0 aromatic heterocycles. The van der Waals surface area contributed by atoms with E-state index in [1.54, 1.807) is 6.07 Å². The molecule has 1 saturated heterocycles. The van der Waals surface area contributed by atoms with Crippen LogP contribution in [0.15, 0.2) is 36.4 Å². The van der Waals surface area contributed by atoms with Crippen LogP contribution < -0.4 is 5.32 Å². The van der Waals surface area contributed by atoms with Gasteiger partial charge in [0.25, 0.3) is 5.91 Å². The number of carbonyl (C=O) groups excluding carboxylic acids is 2. The quantitative estimate of drug-likeness (QED) is 0.526. The highest BCUT2D eigenvalue weighted by Gasteiger charge is 2.43. The lowest BCUT2D eigenvalue weighted by Gasteiger charge is -2.46. The minimum absolute atomic E-state index is 0.0566. The SMILES string of the molecule is [C-]#[N+]c1ccc(C)cc1NC(=O)[C@H]1CCCN(C(=O)c2c(C)cccc2C)[C@H]1C1CCCCC1. The fraction of sp³-hybridized carbons (Fsp3) is 0.483. The smallest absolute Gasteiger partial charge is 0.254 e. The van der Waals surface area contributed by atoms with Gasteiger partial charge in [-0.2, -0.15) is 0 Å². The van der Waals surface area contributed by atoms with Gasteiger partial charge in [0, 0.05) is 23.8 Å². The number of hydrogen-bond donors (Lipinski definition) is 1. The maximum Gasteiger partial charge on any atom is 0.254 e. The molecule has 5 nitrogen and oxygen atoms in total. The zero-order chi connectivity index (χ0) is 24.2. The van der Waals surface area contributed by atoms with Gasteiger partial charge < -0.3 is 10.2 Å². The molecule has 1 N–H and O–H groups in total. The van der Waals surface area contributed by atoms with Gasteiger partial charge in [0.15, 0.2) is 0 Å². The van der Waals surface area contributed by atoms with Gasteiger partial charge in [-0.15, -0.1) is 0 Å². The third-order valence-electron chi connectivity index (χ3n) is 7.64. The Morgan fingerprint density at radius 3 is 2.35 bits per heavy atom. The number of amides is 2. The molecule has 0 bridgehead atoms. The van der Waals surface area contributed by atoms with Crippen LogP contribution in [0.4, 0.5) is 11.4 Å². The summed E-state index contributed by atoms with van der Waals surface area (Å²) in [4.78, 5) is 33.2. The number of piperidine rings is 1. The molecule has 1 heterocycles.